The van der Waals surface area contributed by atoms with Crippen molar-refractivity contribution in [3.05, 3.63) is 47.5 Å². The third kappa shape index (κ3) is 4.98. The maximum atomic E-state index is 13.2. The lowest BCUT2D eigenvalue weighted by atomic mass is 10.1. The topological polar surface area (TPSA) is 109 Å². The predicted octanol–water partition coefficient (Wildman–Crippen LogP) is 3.39. The van der Waals surface area contributed by atoms with E-state index in [9.17, 15) is 13.2 Å². The van der Waals surface area contributed by atoms with Crippen molar-refractivity contribution < 1.29 is 22.7 Å². The lowest BCUT2D eigenvalue weighted by Gasteiger charge is -2.21. The normalized spacial score (nSPS) is 14.9. The van der Waals surface area contributed by atoms with Crippen molar-refractivity contribution in [2.24, 2.45) is 0 Å². The number of nitrogens with one attached hydrogen (secondary N) is 1. The Balaban J connectivity index is 1.96. The number of carbonyl (C=O) groups excluding carboxylic acids is 1. The standard InChI is InChI=1S/C22H25N3O5S/c1-29-20-10-8-17(31(27,28)25-11-5-3-4-6-12-25)14-18(20)22(26)24-19-13-16(15-23)7-9-21(19)30-2/h7-10,13-14H,3-6,11-12H2,1-2H3,(H,24,26). The molecule has 1 saturated heterocycles. The highest BCUT2D eigenvalue weighted by molar-refractivity contribution is 7.89. The molecular weight excluding hydrogens is 418 g/mol. The first-order valence-corrected chi connectivity index (χ1v) is 11.4. The lowest BCUT2D eigenvalue weighted by molar-refractivity contribution is 0.102. The maximum absolute atomic E-state index is 13.2. The van der Waals surface area contributed by atoms with Crippen molar-refractivity contribution in [2.45, 2.75) is 30.6 Å². The summed E-state index contributed by atoms with van der Waals surface area (Å²) in [6.07, 6.45) is 3.65. The zero-order valence-electron chi connectivity index (χ0n) is 17.6. The molecular formula is C22H25N3O5S. The zero-order valence-corrected chi connectivity index (χ0v) is 18.4. The smallest absolute Gasteiger partial charge is 0.259 e. The number of anilines is 1. The van der Waals surface area contributed by atoms with E-state index in [1.807, 2.05) is 6.07 Å². The monoisotopic (exact) mass is 443 g/mol. The van der Waals surface area contributed by atoms with Gasteiger partial charge >= 0.3 is 0 Å². The Hall–Kier alpha value is -3.09. The van der Waals surface area contributed by atoms with Gasteiger partial charge in [-0.3, -0.25) is 4.79 Å². The van der Waals surface area contributed by atoms with Gasteiger partial charge in [0.2, 0.25) is 10.0 Å². The minimum Gasteiger partial charge on any atom is -0.496 e. The number of nitrogens with zero attached hydrogens (tertiary/aromatic N) is 2. The molecule has 1 fully saturated rings. The van der Waals surface area contributed by atoms with Crippen LogP contribution < -0.4 is 14.8 Å². The number of hydrogen-bond donors (Lipinski definition) is 1. The molecule has 0 radical (unpaired) electrons. The third-order valence-corrected chi connectivity index (χ3v) is 7.09. The fourth-order valence-electron chi connectivity index (χ4n) is 3.52. The Morgan fingerprint density at radius 2 is 1.65 bits per heavy atom. The second-order valence-electron chi connectivity index (χ2n) is 7.16. The molecule has 31 heavy (non-hydrogen) atoms. The maximum Gasteiger partial charge on any atom is 0.259 e. The summed E-state index contributed by atoms with van der Waals surface area (Å²) in [6, 6.07) is 10.9. The van der Waals surface area contributed by atoms with Crippen LogP contribution in [-0.4, -0.2) is 45.9 Å². The van der Waals surface area contributed by atoms with E-state index in [1.165, 1.54) is 42.8 Å². The van der Waals surface area contributed by atoms with E-state index < -0.39 is 15.9 Å². The van der Waals surface area contributed by atoms with Crippen LogP contribution in [0.1, 0.15) is 41.6 Å². The molecule has 0 spiro atoms. The van der Waals surface area contributed by atoms with Gasteiger partial charge in [-0.1, -0.05) is 12.8 Å². The van der Waals surface area contributed by atoms with E-state index in [2.05, 4.69) is 5.32 Å². The van der Waals surface area contributed by atoms with Gasteiger partial charge in [-0.25, -0.2) is 8.42 Å². The van der Waals surface area contributed by atoms with Gasteiger partial charge in [-0.2, -0.15) is 9.57 Å². The molecule has 0 atom stereocenters. The number of rotatable bonds is 6. The molecule has 1 aliphatic heterocycles. The summed E-state index contributed by atoms with van der Waals surface area (Å²) in [4.78, 5) is 13.1. The van der Waals surface area contributed by atoms with Crippen LogP contribution in [0, 0.1) is 11.3 Å². The molecule has 0 unspecified atom stereocenters. The quantitative estimate of drug-likeness (QED) is 0.733. The average Bonchev–Trinajstić information content (AvgIpc) is 3.08. The lowest BCUT2D eigenvalue weighted by Crippen LogP contribution is -2.32. The summed E-state index contributed by atoms with van der Waals surface area (Å²) in [5.41, 5.74) is 0.720. The van der Waals surface area contributed by atoms with Gasteiger partial charge in [0.1, 0.15) is 11.5 Å². The molecule has 2 aromatic carbocycles. The summed E-state index contributed by atoms with van der Waals surface area (Å²) in [6.45, 7) is 0.933. The first-order valence-electron chi connectivity index (χ1n) is 9.98. The summed E-state index contributed by atoms with van der Waals surface area (Å²) >= 11 is 0. The van der Waals surface area contributed by atoms with Gasteiger partial charge in [-0.05, 0) is 49.2 Å². The highest BCUT2D eigenvalue weighted by Crippen LogP contribution is 2.29. The second kappa shape index (κ2) is 9.81. The predicted molar refractivity (Wildman–Crippen MR) is 116 cm³/mol. The van der Waals surface area contributed by atoms with Gasteiger partial charge in [0.15, 0.2) is 0 Å². The number of benzene rings is 2. The zero-order chi connectivity index (χ0) is 22.4. The fraction of sp³-hybridized carbons (Fsp3) is 0.364. The van der Waals surface area contributed by atoms with E-state index in [1.54, 1.807) is 12.1 Å². The number of amides is 1. The molecule has 1 aliphatic rings. The van der Waals surface area contributed by atoms with E-state index in [4.69, 9.17) is 14.7 Å². The number of carbonyl (C=O) groups is 1. The fourth-order valence-corrected chi connectivity index (χ4v) is 5.06. The van der Waals surface area contributed by atoms with Crippen LogP contribution in [0.15, 0.2) is 41.3 Å². The Labute approximate surface area is 182 Å². The number of methoxy groups -OCH3 is 2. The minimum atomic E-state index is -3.73. The second-order valence-corrected chi connectivity index (χ2v) is 9.10. The summed E-state index contributed by atoms with van der Waals surface area (Å²) in [7, 11) is -0.874. The van der Waals surface area contributed by atoms with Crippen LogP contribution in [0.4, 0.5) is 5.69 Å². The van der Waals surface area contributed by atoms with Gasteiger partial charge < -0.3 is 14.8 Å². The van der Waals surface area contributed by atoms with Crippen LogP contribution in [0.3, 0.4) is 0 Å². The van der Waals surface area contributed by atoms with Crippen molar-refractivity contribution in [1.29, 1.82) is 5.26 Å². The molecule has 9 heteroatoms. The van der Waals surface area contributed by atoms with Crippen LogP contribution >= 0.6 is 0 Å². The Bertz CT molecular complexity index is 1100. The molecule has 1 N–H and O–H groups in total. The van der Waals surface area contributed by atoms with Crippen molar-refractivity contribution >= 4 is 21.6 Å². The van der Waals surface area contributed by atoms with Crippen LogP contribution in [0.25, 0.3) is 0 Å². The van der Waals surface area contributed by atoms with Gasteiger partial charge in [0, 0.05) is 13.1 Å². The number of hydrogen-bond acceptors (Lipinski definition) is 6. The molecule has 164 valence electrons. The van der Waals surface area contributed by atoms with Crippen molar-refractivity contribution in [3.8, 4) is 17.6 Å². The number of sulfonamides is 1. The first-order chi connectivity index (χ1) is 14.9. The third-order valence-electron chi connectivity index (χ3n) is 5.20. The van der Waals surface area contributed by atoms with E-state index >= 15 is 0 Å². The Morgan fingerprint density at radius 1 is 1.00 bits per heavy atom. The summed E-state index contributed by atoms with van der Waals surface area (Å²) in [5, 5.41) is 11.8. The van der Waals surface area contributed by atoms with Crippen LogP contribution in [0.2, 0.25) is 0 Å². The molecule has 2 aromatic rings. The average molecular weight is 444 g/mol. The van der Waals surface area contributed by atoms with Gasteiger partial charge in [-0.15, -0.1) is 0 Å². The molecule has 1 heterocycles. The molecule has 8 nitrogen and oxygen atoms in total. The Kier molecular flexibility index (Phi) is 7.15. The van der Waals surface area contributed by atoms with Crippen LogP contribution in [-0.2, 0) is 10.0 Å². The molecule has 0 saturated carbocycles. The van der Waals surface area contributed by atoms with E-state index in [-0.39, 0.29) is 16.2 Å². The summed E-state index contributed by atoms with van der Waals surface area (Å²) < 4.78 is 38.3. The van der Waals surface area contributed by atoms with Gasteiger partial charge in [0.05, 0.1) is 42.0 Å². The van der Waals surface area contributed by atoms with E-state index in [0.717, 1.165) is 25.7 Å². The molecule has 1 amide bonds. The first kappa shape index (κ1) is 22.6. The van der Waals surface area contributed by atoms with Crippen molar-refractivity contribution in [1.82, 2.24) is 4.31 Å². The Morgan fingerprint density at radius 3 is 2.26 bits per heavy atom. The van der Waals surface area contributed by atoms with Gasteiger partial charge in [0.25, 0.3) is 5.91 Å². The largest absolute Gasteiger partial charge is 0.496 e. The SMILES string of the molecule is COc1ccc(C#N)cc1NC(=O)c1cc(S(=O)(=O)N2CCCCCC2)ccc1OC. The van der Waals surface area contributed by atoms with Crippen LogP contribution in [0.5, 0.6) is 11.5 Å². The molecule has 0 bridgehead atoms. The summed E-state index contributed by atoms with van der Waals surface area (Å²) in [5.74, 6) is 0.0422. The number of nitriles is 1. The molecule has 3 rings (SSSR count). The van der Waals surface area contributed by atoms with Crippen molar-refractivity contribution in [3.63, 3.8) is 0 Å². The van der Waals surface area contributed by atoms with E-state index in [0.29, 0.717) is 30.1 Å². The molecule has 0 aromatic heterocycles. The van der Waals surface area contributed by atoms with Crippen molar-refractivity contribution in [2.75, 3.05) is 32.6 Å². The minimum absolute atomic E-state index is 0.0399. The highest BCUT2D eigenvalue weighted by Gasteiger charge is 2.27. The highest BCUT2D eigenvalue weighted by atomic mass is 32.2. The number of ether oxygens (including phenoxy) is 2. The molecule has 0 aliphatic carbocycles.